The van der Waals surface area contributed by atoms with Gasteiger partial charge >= 0.3 is 11.8 Å². The Labute approximate surface area is 245 Å². The summed E-state index contributed by atoms with van der Waals surface area (Å²) < 4.78 is 16.9. The second kappa shape index (κ2) is 8.00. The number of hydrogen-bond donors (Lipinski definition) is 3. The Kier molecular flexibility index (Phi) is 4.69. The van der Waals surface area contributed by atoms with Crippen LogP contribution in [0.15, 0.2) is 40.6 Å². The maximum Gasteiger partial charge on any atom is 0.454 e. The quantitative estimate of drug-likeness (QED) is 0.112. The number of thioether (sulfide) groups is 1. The van der Waals surface area contributed by atoms with E-state index in [9.17, 15) is 4.79 Å². The first-order valence-electron chi connectivity index (χ1n) is 12.1. The number of ether oxygens (including phenoxy) is 1. The lowest BCUT2D eigenvalue weighted by Crippen LogP contribution is -2.35. The largest absolute Gasteiger partial charge is 0.454 e. The lowest BCUT2D eigenvalue weighted by Gasteiger charge is -2.15. The summed E-state index contributed by atoms with van der Waals surface area (Å²) in [7, 11) is 0. The molecular weight excluding hydrogens is 667 g/mol. The van der Waals surface area contributed by atoms with Crippen LogP contribution in [-0.4, -0.2) is 33.2 Å². The van der Waals surface area contributed by atoms with Crippen molar-refractivity contribution < 1.29 is 9.53 Å². The molecule has 1 aromatic carbocycles. The molecule has 186 valence electrons. The third kappa shape index (κ3) is 2.94. The Hall–Kier alpha value is -2.54. The van der Waals surface area contributed by atoms with Crippen molar-refractivity contribution in [1.29, 1.82) is 0 Å². The number of aromatic amines is 2. The number of nitrogens with zero attached hydrogens (tertiary/aromatic N) is 1. The third-order valence-electron chi connectivity index (χ3n) is 7.35. The zero-order valence-corrected chi connectivity index (χ0v) is 24.9. The van der Waals surface area contributed by atoms with Gasteiger partial charge in [-0.2, -0.15) is 4.67 Å². The lowest BCUT2D eigenvalue weighted by atomic mass is 9.89. The monoisotopic (exact) mass is 683 g/mol. The number of carbonyl (C=O) groups is 1. The van der Waals surface area contributed by atoms with E-state index in [-0.39, 0.29) is 18.5 Å². The molecule has 3 N–H and O–H groups in total. The summed E-state index contributed by atoms with van der Waals surface area (Å²) in [6.45, 7) is 0.216. The molecule has 5 aromatic heterocycles. The van der Waals surface area contributed by atoms with Crippen LogP contribution in [0.1, 0.15) is 27.6 Å². The molecule has 0 bridgehead atoms. The molecule has 0 amide bonds. The number of nitrogens with one attached hydrogen (secondary N) is 3. The zero-order chi connectivity index (χ0) is 25.1. The summed E-state index contributed by atoms with van der Waals surface area (Å²) in [5.41, 5.74) is 8.69. The molecule has 11 heteroatoms. The van der Waals surface area contributed by atoms with Crippen molar-refractivity contribution >= 4 is 116 Å². The second-order valence-corrected chi connectivity index (χ2v) is 14.8. The van der Waals surface area contributed by atoms with Crippen LogP contribution < -0.4 is 9.98 Å². The molecular formula is C27H16IN4O2S4+. The van der Waals surface area contributed by atoms with Crippen molar-refractivity contribution in [2.24, 2.45) is 0 Å². The van der Waals surface area contributed by atoms with Crippen molar-refractivity contribution in [3.63, 3.8) is 0 Å². The summed E-state index contributed by atoms with van der Waals surface area (Å²) >= 11 is 9.82. The maximum atomic E-state index is 13.2. The van der Waals surface area contributed by atoms with Crippen molar-refractivity contribution in [1.82, 2.24) is 20.0 Å². The molecule has 2 aliphatic heterocycles. The van der Waals surface area contributed by atoms with Gasteiger partial charge in [0.15, 0.2) is 0 Å². The first-order valence-corrected chi connectivity index (χ1v) is 16.7. The first-order chi connectivity index (χ1) is 18.7. The van der Waals surface area contributed by atoms with Gasteiger partial charge in [-0.1, -0.05) is 30.3 Å². The lowest BCUT2D eigenvalue weighted by molar-refractivity contribution is -0.137. The van der Waals surface area contributed by atoms with Crippen LogP contribution >= 0.6 is 68.4 Å². The van der Waals surface area contributed by atoms with Crippen LogP contribution in [0, 0.1) is 3.57 Å². The van der Waals surface area contributed by atoms with Crippen LogP contribution in [0.2, 0.25) is 0 Å². The minimum atomic E-state index is -0.427. The molecule has 1 aliphatic carbocycles. The van der Waals surface area contributed by atoms with E-state index in [1.807, 2.05) is 64.8 Å². The fourth-order valence-electron chi connectivity index (χ4n) is 5.71. The summed E-state index contributed by atoms with van der Waals surface area (Å²) in [6, 6.07) is 9.55. The van der Waals surface area contributed by atoms with Gasteiger partial charge in [-0.3, -0.25) is 0 Å². The molecule has 1 unspecified atom stereocenters. The molecule has 9 rings (SSSR count). The van der Waals surface area contributed by atoms with Crippen molar-refractivity contribution in [3.8, 4) is 11.4 Å². The Bertz CT molecular complexity index is 2070. The molecule has 0 saturated carbocycles. The average Bonchev–Trinajstić information content (AvgIpc) is 3.74. The van der Waals surface area contributed by atoms with Gasteiger partial charge in [-0.15, -0.1) is 45.8 Å². The number of fused-ring (bicyclic) bond motifs is 14. The van der Waals surface area contributed by atoms with Crippen LogP contribution in [-0.2, 0) is 22.6 Å². The number of benzene rings is 1. The van der Waals surface area contributed by atoms with Gasteiger partial charge in [0, 0.05) is 24.5 Å². The molecule has 0 saturated heterocycles. The fourth-order valence-corrected chi connectivity index (χ4v) is 12.0. The van der Waals surface area contributed by atoms with Crippen molar-refractivity contribution in [2.45, 2.75) is 24.0 Å². The predicted octanol–water partition coefficient (Wildman–Crippen LogP) is 6.56. The molecule has 3 aliphatic rings. The smallest absolute Gasteiger partial charge is 0.451 e. The molecule has 6 nitrogen and oxygen atoms in total. The number of H-pyrrole nitrogens is 2. The Morgan fingerprint density at radius 2 is 1.92 bits per heavy atom. The van der Waals surface area contributed by atoms with Crippen LogP contribution in [0.5, 0.6) is 0 Å². The van der Waals surface area contributed by atoms with Gasteiger partial charge in [-0.05, 0) is 34.6 Å². The minimum absolute atomic E-state index is 0.201. The highest BCUT2D eigenvalue weighted by Gasteiger charge is 2.49. The number of amidine groups is 1. The fraction of sp³-hybridized carbons (Fsp3) is 0.148. The highest BCUT2D eigenvalue weighted by molar-refractivity contribution is 14.1. The van der Waals surface area contributed by atoms with Gasteiger partial charge in [0.1, 0.15) is 6.61 Å². The number of carbonyl (C=O) groups excluding carboxylic acids is 1. The number of rotatable bonds is 3. The summed E-state index contributed by atoms with van der Waals surface area (Å²) in [6.07, 6.45) is 1.11. The third-order valence-corrected chi connectivity index (χ3v) is 13.9. The van der Waals surface area contributed by atoms with E-state index in [0.717, 1.165) is 45.9 Å². The molecule has 0 spiro atoms. The van der Waals surface area contributed by atoms with E-state index in [0.29, 0.717) is 0 Å². The van der Waals surface area contributed by atoms with E-state index in [2.05, 4.69) is 43.3 Å². The van der Waals surface area contributed by atoms with Crippen molar-refractivity contribution in [3.05, 3.63) is 60.8 Å². The van der Waals surface area contributed by atoms with Gasteiger partial charge in [-0.25, -0.2) is 10.1 Å². The number of thiophene rings is 3. The molecule has 1 atom stereocenters. The van der Waals surface area contributed by atoms with E-state index in [1.165, 1.54) is 43.2 Å². The van der Waals surface area contributed by atoms with E-state index < -0.39 is 5.97 Å². The number of aromatic nitrogens is 2. The average molecular weight is 684 g/mol. The van der Waals surface area contributed by atoms with Crippen molar-refractivity contribution in [2.75, 3.05) is 5.75 Å². The summed E-state index contributed by atoms with van der Waals surface area (Å²) in [4.78, 5) is 23.6. The molecule has 6 aromatic rings. The Morgan fingerprint density at radius 1 is 1.05 bits per heavy atom. The van der Waals surface area contributed by atoms with Gasteiger partial charge in [0.05, 0.1) is 52.3 Å². The summed E-state index contributed by atoms with van der Waals surface area (Å²) in [5, 5.41) is 5.68. The van der Waals surface area contributed by atoms with Gasteiger partial charge in [0.2, 0.25) is 6.04 Å². The normalized spacial score (nSPS) is 17.3. The predicted molar refractivity (Wildman–Crippen MR) is 167 cm³/mol. The topological polar surface area (TPSA) is 84.0 Å². The van der Waals surface area contributed by atoms with Crippen LogP contribution in [0.3, 0.4) is 0 Å². The second-order valence-electron chi connectivity index (χ2n) is 9.48. The summed E-state index contributed by atoms with van der Waals surface area (Å²) in [5.74, 6) is 0.983. The first kappa shape index (κ1) is 22.3. The molecule has 0 fully saturated rings. The van der Waals surface area contributed by atoms with Gasteiger partial charge in [0.25, 0.3) is 5.71 Å². The van der Waals surface area contributed by atoms with E-state index in [1.54, 1.807) is 11.3 Å². The van der Waals surface area contributed by atoms with E-state index >= 15 is 0 Å². The Morgan fingerprint density at radius 3 is 2.82 bits per heavy atom. The zero-order valence-electron chi connectivity index (χ0n) is 19.4. The minimum Gasteiger partial charge on any atom is -0.451 e. The molecule has 0 radical (unpaired) electrons. The number of hydrogen-bond acceptors (Lipinski definition) is 7. The van der Waals surface area contributed by atoms with Crippen LogP contribution in [0.25, 0.3) is 41.2 Å². The number of halogens is 1. The standard InChI is InChI=1S/C27H15IN4O2S4/c28-11-9-36-25-20-24(38-21(11)25)14-16(30-20)15-13(23-19(29-15)22-12(37-23)6-7-35-22)17-18(14)32-26(31-17)27(33)34-8-10-4-2-1-3-5-10/h1-5,9,17H,6-8H2,(H2,29,30,31,32,33)/p+1. The highest BCUT2D eigenvalue weighted by atomic mass is 127. The SMILES string of the molecule is O=C(OCc1ccccc1)C1=[N+]=C2c3c([nH]c4c3sc3c(I)csc34)-c3[nH]c4c5c(sc4c3C2N1)CCS5. The molecule has 7 heterocycles. The van der Waals surface area contributed by atoms with Crippen LogP contribution in [0.4, 0.5) is 0 Å². The number of aryl methyl sites for hydroxylation is 1. The maximum absolute atomic E-state index is 13.2. The molecule has 38 heavy (non-hydrogen) atoms. The van der Waals surface area contributed by atoms with E-state index in [4.69, 9.17) is 9.40 Å². The number of esters is 1. The van der Waals surface area contributed by atoms with Gasteiger partial charge < -0.3 is 14.7 Å². The highest BCUT2D eigenvalue weighted by Crippen LogP contribution is 2.53. The Balaban J connectivity index is 1.24.